The number of carbonyl (C=O) groups excluding carboxylic acids is 1. The summed E-state index contributed by atoms with van der Waals surface area (Å²) in [6.45, 7) is 0. The number of nitrogens with zero attached hydrogens (tertiary/aromatic N) is 6. The van der Waals surface area contributed by atoms with E-state index in [0.717, 1.165) is 0 Å². The van der Waals surface area contributed by atoms with Crippen LogP contribution in [0.4, 0.5) is 5.95 Å². The lowest BCUT2D eigenvalue weighted by molar-refractivity contribution is -0.116. The molecule has 0 atom stereocenters. The van der Waals surface area contributed by atoms with Gasteiger partial charge in [-0.3, -0.25) is 25.2 Å². The summed E-state index contributed by atoms with van der Waals surface area (Å²) < 4.78 is 5.15. The first-order valence-electron chi connectivity index (χ1n) is 8.15. The number of aromatic amines is 1. The summed E-state index contributed by atoms with van der Waals surface area (Å²) in [5, 5.41) is 13.2. The molecule has 0 spiro atoms. The smallest absolute Gasteiger partial charge is 0.249 e. The van der Waals surface area contributed by atoms with E-state index in [1.54, 1.807) is 36.7 Å². The number of H-pyrrole nitrogens is 1. The fourth-order valence-corrected chi connectivity index (χ4v) is 2.30. The number of aryl methyl sites for hydroxylation is 1. The lowest BCUT2D eigenvalue weighted by Gasteiger charge is -1.98. The van der Waals surface area contributed by atoms with Gasteiger partial charge in [-0.1, -0.05) is 17.3 Å². The van der Waals surface area contributed by atoms with Crippen LogP contribution in [0.1, 0.15) is 12.3 Å². The summed E-state index contributed by atoms with van der Waals surface area (Å²) in [5.74, 6) is 1.14. The molecule has 0 saturated carbocycles. The van der Waals surface area contributed by atoms with Crippen LogP contribution in [0.5, 0.6) is 0 Å². The molecule has 0 radical (unpaired) electrons. The Labute approximate surface area is 153 Å². The summed E-state index contributed by atoms with van der Waals surface area (Å²) in [7, 11) is 0. The van der Waals surface area contributed by atoms with Gasteiger partial charge in [0, 0.05) is 25.2 Å². The van der Waals surface area contributed by atoms with Crippen LogP contribution in [0.3, 0.4) is 0 Å². The minimum atomic E-state index is -0.265. The average molecular weight is 362 g/mol. The summed E-state index contributed by atoms with van der Waals surface area (Å²) in [5.41, 5.74) is 1.25. The van der Waals surface area contributed by atoms with Crippen molar-refractivity contribution in [1.29, 1.82) is 0 Å². The molecule has 134 valence electrons. The Hall–Kier alpha value is -3.95. The van der Waals surface area contributed by atoms with Gasteiger partial charge in [0.05, 0.1) is 0 Å². The second-order valence-electron chi connectivity index (χ2n) is 5.50. The Morgan fingerprint density at radius 2 is 1.81 bits per heavy atom. The first kappa shape index (κ1) is 16.5. The van der Waals surface area contributed by atoms with Gasteiger partial charge in [0.2, 0.25) is 23.6 Å². The number of hydrogen-bond acceptors (Lipinski definition) is 8. The normalized spacial score (nSPS) is 10.7. The summed E-state index contributed by atoms with van der Waals surface area (Å²) in [4.78, 5) is 28.8. The zero-order valence-electron chi connectivity index (χ0n) is 14.0. The lowest BCUT2D eigenvalue weighted by atomic mass is 10.3. The molecule has 1 amide bonds. The molecule has 27 heavy (non-hydrogen) atoms. The van der Waals surface area contributed by atoms with Crippen molar-refractivity contribution >= 4 is 11.9 Å². The van der Waals surface area contributed by atoms with E-state index in [1.165, 1.54) is 0 Å². The van der Waals surface area contributed by atoms with E-state index in [2.05, 4.69) is 40.6 Å². The van der Waals surface area contributed by atoms with Crippen molar-refractivity contribution in [3.8, 4) is 23.0 Å². The van der Waals surface area contributed by atoms with Crippen LogP contribution in [-0.2, 0) is 11.2 Å². The lowest BCUT2D eigenvalue weighted by Crippen LogP contribution is -2.13. The van der Waals surface area contributed by atoms with Crippen molar-refractivity contribution in [1.82, 2.24) is 35.3 Å². The molecule has 0 aliphatic heterocycles. The molecule has 0 bridgehead atoms. The van der Waals surface area contributed by atoms with Gasteiger partial charge in [-0.05, 0) is 24.3 Å². The second kappa shape index (κ2) is 7.52. The molecule has 4 aromatic rings. The van der Waals surface area contributed by atoms with Crippen LogP contribution in [0.25, 0.3) is 23.0 Å². The number of anilines is 1. The maximum absolute atomic E-state index is 12.1. The van der Waals surface area contributed by atoms with Crippen LogP contribution in [0.15, 0.2) is 53.3 Å². The Balaban J connectivity index is 1.33. The van der Waals surface area contributed by atoms with Gasteiger partial charge in [0.1, 0.15) is 11.4 Å². The van der Waals surface area contributed by atoms with Crippen LogP contribution < -0.4 is 5.32 Å². The van der Waals surface area contributed by atoms with Crippen molar-refractivity contribution in [2.24, 2.45) is 0 Å². The molecular formula is C17H14N8O2. The largest absolute Gasteiger partial charge is 0.339 e. The molecule has 4 heterocycles. The van der Waals surface area contributed by atoms with E-state index in [9.17, 15) is 4.79 Å². The molecule has 2 N–H and O–H groups in total. The molecule has 4 aromatic heterocycles. The van der Waals surface area contributed by atoms with Gasteiger partial charge in [-0.25, -0.2) is 0 Å². The molecule has 0 saturated heterocycles. The van der Waals surface area contributed by atoms with Crippen molar-refractivity contribution in [3.05, 3.63) is 54.7 Å². The van der Waals surface area contributed by atoms with Crippen LogP contribution in [-0.4, -0.2) is 41.2 Å². The SMILES string of the molecule is O=C(CCc1nc(-c2ccccn2)no1)Nc1n[nH]c(-c2ccccn2)n1. The van der Waals surface area contributed by atoms with Crippen molar-refractivity contribution in [2.75, 3.05) is 5.32 Å². The number of amides is 1. The number of aromatic nitrogens is 7. The van der Waals surface area contributed by atoms with Gasteiger partial charge in [-0.15, -0.1) is 5.10 Å². The summed E-state index contributed by atoms with van der Waals surface area (Å²) in [6.07, 6.45) is 3.75. The highest BCUT2D eigenvalue weighted by molar-refractivity contribution is 5.89. The van der Waals surface area contributed by atoms with Gasteiger partial charge in [0.25, 0.3) is 0 Å². The quantitative estimate of drug-likeness (QED) is 0.531. The molecule has 0 aromatic carbocycles. The molecule has 0 aliphatic rings. The monoisotopic (exact) mass is 362 g/mol. The van der Waals surface area contributed by atoms with Gasteiger partial charge >= 0.3 is 0 Å². The average Bonchev–Trinajstić information content (AvgIpc) is 3.37. The minimum absolute atomic E-state index is 0.150. The number of nitrogens with one attached hydrogen (secondary N) is 2. The van der Waals surface area contributed by atoms with Crippen LogP contribution in [0.2, 0.25) is 0 Å². The highest BCUT2D eigenvalue weighted by Gasteiger charge is 2.13. The van der Waals surface area contributed by atoms with E-state index in [4.69, 9.17) is 4.52 Å². The Bertz CT molecular complexity index is 1030. The third-order valence-corrected chi connectivity index (χ3v) is 3.57. The predicted octanol–water partition coefficient (Wildman–Crippen LogP) is 1.88. The molecular weight excluding hydrogens is 348 g/mol. The highest BCUT2D eigenvalue weighted by atomic mass is 16.5. The molecule has 0 fully saturated rings. The second-order valence-corrected chi connectivity index (χ2v) is 5.50. The van der Waals surface area contributed by atoms with Gasteiger partial charge in [-0.2, -0.15) is 9.97 Å². The van der Waals surface area contributed by atoms with E-state index in [0.29, 0.717) is 35.3 Å². The third kappa shape index (κ3) is 4.00. The fourth-order valence-electron chi connectivity index (χ4n) is 2.30. The Morgan fingerprint density at radius 1 is 1.04 bits per heavy atom. The predicted molar refractivity (Wildman–Crippen MR) is 94.1 cm³/mol. The molecule has 4 rings (SSSR count). The topological polar surface area (TPSA) is 135 Å². The standard InChI is InChI=1S/C17H14N8O2/c26-13(20-17-22-15(23-24-17)11-5-1-3-9-18-11)7-8-14-21-16(25-27-14)12-6-2-4-10-19-12/h1-6,9-10H,7-8H2,(H2,20,22,23,24,26). The van der Waals surface area contributed by atoms with E-state index in [1.807, 2.05) is 12.1 Å². The molecule has 0 aliphatic carbocycles. The van der Waals surface area contributed by atoms with Gasteiger partial charge < -0.3 is 4.52 Å². The first-order chi connectivity index (χ1) is 13.3. The number of rotatable bonds is 6. The van der Waals surface area contributed by atoms with E-state index in [-0.39, 0.29) is 18.3 Å². The van der Waals surface area contributed by atoms with Crippen molar-refractivity contribution < 1.29 is 9.32 Å². The van der Waals surface area contributed by atoms with E-state index < -0.39 is 0 Å². The number of carbonyl (C=O) groups is 1. The molecule has 10 heteroatoms. The summed E-state index contributed by atoms with van der Waals surface area (Å²) >= 11 is 0. The zero-order valence-corrected chi connectivity index (χ0v) is 14.0. The Morgan fingerprint density at radius 3 is 2.56 bits per heavy atom. The Kier molecular flexibility index (Phi) is 4.60. The van der Waals surface area contributed by atoms with Crippen molar-refractivity contribution in [3.63, 3.8) is 0 Å². The first-order valence-corrected chi connectivity index (χ1v) is 8.15. The number of hydrogen-bond donors (Lipinski definition) is 2. The maximum Gasteiger partial charge on any atom is 0.249 e. The van der Waals surface area contributed by atoms with Crippen molar-refractivity contribution in [2.45, 2.75) is 12.8 Å². The highest BCUT2D eigenvalue weighted by Crippen LogP contribution is 2.14. The van der Waals surface area contributed by atoms with Crippen LogP contribution in [0, 0.1) is 0 Å². The van der Waals surface area contributed by atoms with Gasteiger partial charge in [0.15, 0.2) is 5.82 Å². The zero-order chi connectivity index (χ0) is 18.5. The molecule has 10 nitrogen and oxygen atoms in total. The maximum atomic E-state index is 12.1. The summed E-state index contributed by atoms with van der Waals surface area (Å²) in [6, 6.07) is 10.9. The fraction of sp³-hybridized carbons (Fsp3) is 0.118. The minimum Gasteiger partial charge on any atom is -0.339 e. The third-order valence-electron chi connectivity index (χ3n) is 3.57. The van der Waals surface area contributed by atoms with Crippen LogP contribution >= 0.6 is 0 Å². The number of pyridine rings is 2. The van der Waals surface area contributed by atoms with E-state index >= 15 is 0 Å². The molecule has 0 unspecified atom stereocenters.